The largest absolute Gasteiger partial charge is 0.505 e. The van der Waals surface area contributed by atoms with Gasteiger partial charge in [0.15, 0.2) is 11.6 Å². The predicted molar refractivity (Wildman–Crippen MR) is 166 cm³/mol. The zero-order valence-electron chi connectivity index (χ0n) is 25.4. The molecule has 2 amide bonds. The molecule has 2 heterocycles. The predicted octanol–water partition coefficient (Wildman–Crippen LogP) is 4.94. The van der Waals surface area contributed by atoms with Gasteiger partial charge in [0.2, 0.25) is 11.8 Å². The monoisotopic (exact) mass is 619 g/mol. The molecular formula is C34H39BFNO8. The molecule has 11 heteroatoms. The Morgan fingerprint density at radius 2 is 1.87 bits per heavy atom. The number of carbonyl (C=O) groups is 3. The van der Waals surface area contributed by atoms with E-state index in [1.165, 1.54) is 17.0 Å². The molecule has 2 aromatic carbocycles. The van der Waals surface area contributed by atoms with Crippen LogP contribution in [0.5, 0.6) is 5.75 Å². The molecular weight excluding hydrogens is 580 g/mol. The first-order chi connectivity index (χ1) is 21.7. The number of carboxylic acid groups (broad SMARTS) is 1. The van der Waals surface area contributed by atoms with Crippen molar-refractivity contribution >= 4 is 36.6 Å². The number of likely N-dealkylation sites (tertiary alicyclic amines) is 1. The molecule has 45 heavy (non-hydrogen) atoms. The average Bonchev–Trinajstić information content (AvgIpc) is 3.25. The summed E-state index contributed by atoms with van der Waals surface area (Å²) >= 11 is 0. The fourth-order valence-electron chi connectivity index (χ4n) is 7.13. The van der Waals surface area contributed by atoms with Crippen LogP contribution < -0.4 is 0 Å². The highest BCUT2D eigenvalue weighted by Crippen LogP contribution is 2.50. The third-order valence-corrected chi connectivity index (χ3v) is 9.12. The fraction of sp³-hybridized carbons (Fsp3) is 0.441. The molecule has 4 atom stereocenters. The van der Waals surface area contributed by atoms with Crippen LogP contribution in [0.25, 0.3) is 11.6 Å². The van der Waals surface area contributed by atoms with E-state index in [2.05, 4.69) is 0 Å². The Morgan fingerprint density at radius 3 is 2.58 bits per heavy atom. The van der Waals surface area contributed by atoms with Gasteiger partial charge in [-0.2, -0.15) is 0 Å². The summed E-state index contributed by atoms with van der Waals surface area (Å²) < 4.78 is 25.8. The Kier molecular flexibility index (Phi) is 10.5. The van der Waals surface area contributed by atoms with Crippen LogP contribution in [-0.4, -0.2) is 71.4 Å². The van der Waals surface area contributed by atoms with Crippen LogP contribution in [0, 0.1) is 23.6 Å². The van der Waals surface area contributed by atoms with Crippen molar-refractivity contribution in [2.45, 2.75) is 57.4 Å². The zero-order chi connectivity index (χ0) is 32.1. The number of phenols is 1. The number of aliphatic carboxylic acids is 1. The van der Waals surface area contributed by atoms with Crippen molar-refractivity contribution in [1.82, 2.24) is 4.90 Å². The summed E-state index contributed by atoms with van der Waals surface area (Å²) in [5, 5.41) is 29.4. The summed E-state index contributed by atoms with van der Waals surface area (Å²) in [6.07, 6.45) is 4.54. The zero-order valence-corrected chi connectivity index (χ0v) is 25.4. The van der Waals surface area contributed by atoms with Crippen LogP contribution >= 0.6 is 0 Å². The number of allylic oxidation sites excluding steroid dienone is 1. The number of phenolic OH excluding ortho intramolecular Hbond substituents is 1. The Bertz CT molecular complexity index is 1480. The molecule has 9 nitrogen and oxygen atoms in total. The van der Waals surface area contributed by atoms with Gasteiger partial charge in [-0.15, -0.1) is 0 Å². The topological polar surface area (TPSA) is 134 Å². The lowest BCUT2D eigenvalue weighted by molar-refractivity contribution is -0.141. The molecule has 0 bridgehead atoms. The van der Waals surface area contributed by atoms with Crippen molar-refractivity contribution in [3.8, 4) is 5.75 Å². The summed E-state index contributed by atoms with van der Waals surface area (Å²) in [6.45, 7) is 0.521. The van der Waals surface area contributed by atoms with Gasteiger partial charge in [-0.3, -0.25) is 19.3 Å². The second-order valence-corrected chi connectivity index (χ2v) is 12.1. The number of halogens is 1. The molecule has 1 aliphatic carbocycles. The maximum absolute atomic E-state index is 14.2. The number of imide groups is 1. The van der Waals surface area contributed by atoms with Gasteiger partial charge in [-0.05, 0) is 84.3 Å². The number of methoxy groups -OCH3 is 1. The number of ether oxygens (including phenoxy) is 1. The normalized spacial score (nSPS) is 23.4. The number of unbranched alkanes of at least 4 members (excludes halogenated alkanes) is 2. The summed E-state index contributed by atoms with van der Waals surface area (Å²) in [5.41, 5.74) is 4.25. The number of aromatic hydroxyl groups is 1. The van der Waals surface area contributed by atoms with Gasteiger partial charge in [-0.1, -0.05) is 48.9 Å². The lowest BCUT2D eigenvalue weighted by Crippen LogP contribution is -2.46. The minimum absolute atomic E-state index is 0.0507. The number of hydrogen-bond acceptors (Lipinski definition) is 7. The van der Waals surface area contributed by atoms with Crippen LogP contribution in [0.15, 0.2) is 59.7 Å². The maximum Gasteiger partial charge on any atom is 0.455 e. The number of nitrogens with zero attached hydrogens (tertiary/aromatic N) is 1. The first-order valence-electron chi connectivity index (χ1n) is 15.5. The van der Waals surface area contributed by atoms with Crippen molar-refractivity contribution in [2.75, 3.05) is 20.3 Å². The van der Waals surface area contributed by atoms with E-state index in [1.807, 2.05) is 36.4 Å². The van der Waals surface area contributed by atoms with Gasteiger partial charge in [0.05, 0.1) is 24.5 Å². The molecule has 3 aliphatic rings. The molecule has 2 aliphatic heterocycles. The van der Waals surface area contributed by atoms with Crippen LogP contribution in [0.4, 0.5) is 4.39 Å². The SMILES string of the molecule is COCC1=C2[C@@H](CC/C(=C/c3ccc(O)c(F)c3)c3ccccc3)OB(O)C[C@@H]2[C@@H]2C(=O)N(CCCCCC(=O)O)C(=O)[C@@H]2C1. The van der Waals surface area contributed by atoms with E-state index in [4.69, 9.17) is 14.5 Å². The first-order valence-corrected chi connectivity index (χ1v) is 15.5. The number of rotatable bonds is 13. The van der Waals surface area contributed by atoms with E-state index in [-0.39, 0.29) is 43.6 Å². The minimum atomic E-state index is -1.12. The van der Waals surface area contributed by atoms with Crippen LogP contribution in [0.3, 0.4) is 0 Å². The molecule has 2 fully saturated rings. The van der Waals surface area contributed by atoms with Gasteiger partial charge in [0, 0.05) is 20.1 Å². The van der Waals surface area contributed by atoms with Crippen molar-refractivity contribution < 1.29 is 43.4 Å². The highest BCUT2D eigenvalue weighted by atomic mass is 19.1. The number of carbonyl (C=O) groups excluding carboxylic acids is 2. The van der Waals surface area contributed by atoms with Crippen LogP contribution in [-0.2, 0) is 23.8 Å². The van der Waals surface area contributed by atoms with E-state index < -0.39 is 42.6 Å². The molecule has 3 N–H and O–H groups in total. The van der Waals surface area contributed by atoms with Crippen LogP contribution in [0.2, 0.25) is 6.32 Å². The third-order valence-electron chi connectivity index (χ3n) is 9.12. The Balaban J connectivity index is 1.39. The van der Waals surface area contributed by atoms with E-state index in [0.29, 0.717) is 44.1 Å². The molecule has 2 aromatic rings. The van der Waals surface area contributed by atoms with Gasteiger partial charge in [0.1, 0.15) is 0 Å². The summed E-state index contributed by atoms with van der Waals surface area (Å²) in [6, 6.07) is 13.9. The Hall–Kier alpha value is -3.80. The van der Waals surface area contributed by atoms with Crippen molar-refractivity contribution in [1.29, 1.82) is 0 Å². The molecule has 0 saturated carbocycles. The molecule has 0 aromatic heterocycles. The summed E-state index contributed by atoms with van der Waals surface area (Å²) in [7, 11) is 0.468. The highest BCUT2D eigenvalue weighted by molar-refractivity contribution is 6.43. The Labute approximate surface area is 262 Å². The minimum Gasteiger partial charge on any atom is -0.505 e. The standard InChI is InChI=1S/C34H39BFNO8/c1-44-20-24-18-25-32(34(42)37(33(25)41)15-7-3-6-10-30(39)40)26-19-35(43)45-29(31(24)26)14-12-23(22-8-4-2-5-9-22)16-21-11-13-28(38)27(36)17-21/h2,4-5,8-9,11,13,16-17,25-26,29,32,38,43H,3,6-7,10,12,14-15,18-20H2,1H3,(H,39,40)/b23-16-/t25-,26+,29-,32-/m1/s1. The van der Waals surface area contributed by atoms with Crippen molar-refractivity contribution in [2.24, 2.45) is 17.8 Å². The summed E-state index contributed by atoms with van der Waals surface area (Å²) in [4.78, 5) is 39.4. The number of amides is 2. The molecule has 0 spiro atoms. The summed E-state index contributed by atoms with van der Waals surface area (Å²) in [5.74, 6) is -3.98. The second-order valence-electron chi connectivity index (χ2n) is 12.1. The highest BCUT2D eigenvalue weighted by Gasteiger charge is 2.57. The van der Waals surface area contributed by atoms with Gasteiger partial charge >= 0.3 is 13.1 Å². The van der Waals surface area contributed by atoms with Gasteiger partial charge in [-0.25, -0.2) is 4.39 Å². The van der Waals surface area contributed by atoms with E-state index in [9.17, 15) is 28.9 Å². The first kappa shape index (κ1) is 32.6. The molecule has 0 unspecified atom stereocenters. The molecule has 5 rings (SSSR count). The number of hydrogen-bond donors (Lipinski definition) is 3. The van der Waals surface area contributed by atoms with E-state index in [1.54, 1.807) is 13.2 Å². The molecule has 0 radical (unpaired) electrons. The number of carboxylic acids is 1. The van der Waals surface area contributed by atoms with E-state index in [0.717, 1.165) is 22.3 Å². The maximum atomic E-state index is 14.2. The number of fused-ring (bicyclic) bond motifs is 3. The molecule has 2 saturated heterocycles. The quantitative estimate of drug-likeness (QED) is 0.0945. The lowest BCUT2D eigenvalue weighted by Gasteiger charge is -2.43. The van der Waals surface area contributed by atoms with Gasteiger partial charge < -0.3 is 24.6 Å². The van der Waals surface area contributed by atoms with E-state index >= 15 is 0 Å². The lowest BCUT2D eigenvalue weighted by atomic mass is 9.58. The Morgan fingerprint density at radius 1 is 1.09 bits per heavy atom. The van der Waals surface area contributed by atoms with Crippen molar-refractivity contribution in [3.05, 3.63) is 76.6 Å². The van der Waals surface area contributed by atoms with Gasteiger partial charge in [0.25, 0.3) is 0 Å². The van der Waals surface area contributed by atoms with Crippen LogP contribution in [0.1, 0.15) is 56.1 Å². The third kappa shape index (κ3) is 7.37. The smallest absolute Gasteiger partial charge is 0.455 e. The second kappa shape index (κ2) is 14.5. The number of benzene rings is 2. The molecule has 238 valence electrons. The average molecular weight is 619 g/mol. The van der Waals surface area contributed by atoms with Crippen molar-refractivity contribution in [3.63, 3.8) is 0 Å². The fourth-order valence-corrected chi connectivity index (χ4v) is 7.13.